The topological polar surface area (TPSA) is 67.4 Å². The van der Waals surface area contributed by atoms with E-state index in [-0.39, 0.29) is 12.6 Å². The van der Waals surface area contributed by atoms with Crippen molar-refractivity contribution in [1.29, 1.82) is 0 Å². The standard InChI is InChI=1S/C20H20N2O3/c1-3-4-12-25-19(23)17-13(2)21-20(24)22-18(17)16-11-7-9-14-8-5-6-10-15(14)16/h3-11,18H,12H2,1-2H3,(H2,21,22,24)/b4-3+/t18-/m1/s1. The van der Waals surface area contributed by atoms with Gasteiger partial charge in [0.25, 0.3) is 0 Å². The van der Waals surface area contributed by atoms with Crippen LogP contribution in [0.25, 0.3) is 10.8 Å². The van der Waals surface area contributed by atoms with E-state index in [2.05, 4.69) is 10.6 Å². The van der Waals surface area contributed by atoms with Crippen LogP contribution in [0.4, 0.5) is 4.79 Å². The molecule has 25 heavy (non-hydrogen) atoms. The summed E-state index contributed by atoms with van der Waals surface area (Å²) in [6.45, 7) is 3.77. The largest absolute Gasteiger partial charge is 0.458 e. The van der Waals surface area contributed by atoms with Crippen LogP contribution in [0.3, 0.4) is 0 Å². The van der Waals surface area contributed by atoms with Crippen LogP contribution in [-0.4, -0.2) is 18.6 Å². The summed E-state index contributed by atoms with van der Waals surface area (Å²) in [6.07, 6.45) is 3.58. The molecule has 1 aliphatic heterocycles. The smallest absolute Gasteiger partial charge is 0.338 e. The molecule has 2 amide bonds. The first-order chi connectivity index (χ1) is 12.1. The van der Waals surface area contributed by atoms with E-state index in [0.717, 1.165) is 16.3 Å². The van der Waals surface area contributed by atoms with Crippen molar-refractivity contribution in [2.75, 3.05) is 6.61 Å². The number of hydrogen-bond acceptors (Lipinski definition) is 3. The molecule has 0 spiro atoms. The Hall–Kier alpha value is -3.08. The van der Waals surface area contributed by atoms with Crippen LogP contribution in [0, 0.1) is 0 Å². The second kappa shape index (κ2) is 7.21. The van der Waals surface area contributed by atoms with Gasteiger partial charge in [-0.3, -0.25) is 0 Å². The van der Waals surface area contributed by atoms with Gasteiger partial charge in [-0.1, -0.05) is 54.6 Å². The molecule has 1 heterocycles. The van der Waals surface area contributed by atoms with E-state index in [9.17, 15) is 9.59 Å². The molecule has 1 aliphatic rings. The Bertz CT molecular complexity index is 878. The lowest BCUT2D eigenvalue weighted by atomic mass is 9.91. The fourth-order valence-electron chi connectivity index (χ4n) is 3.00. The summed E-state index contributed by atoms with van der Waals surface area (Å²) in [5.74, 6) is -0.443. The Kier molecular flexibility index (Phi) is 4.84. The maximum atomic E-state index is 12.6. The number of urea groups is 1. The van der Waals surface area contributed by atoms with Crippen molar-refractivity contribution in [1.82, 2.24) is 10.6 Å². The molecule has 0 bridgehead atoms. The quantitative estimate of drug-likeness (QED) is 0.662. The summed E-state index contributed by atoms with van der Waals surface area (Å²) in [4.78, 5) is 24.6. The van der Waals surface area contributed by atoms with E-state index in [1.54, 1.807) is 13.0 Å². The first-order valence-corrected chi connectivity index (χ1v) is 8.16. The van der Waals surface area contributed by atoms with Gasteiger partial charge in [-0.05, 0) is 30.2 Å². The van der Waals surface area contributed by atoms with Crippen LogP contribution in [0.5, 0.6) is 0 Å². The lowest BCUT2D eigenvalue weighted by molar-refractivity contribution is -0.138. The van der Waals surface area contributed by atoms with Crippen molar-refractivity contribution in [2.24, 2.45) is 0 Å². The van der Waals surface area contributed by atoms with E-state index in [1.807, 2.05) is 55.5 Å². The summed E-state index contributed by atoms with van der Waals surface area (Å²) in [7, 11) is 0. The SMILES string of the molecule is C/C=C/COC(=O)C1=C(C)NC(=O)N[C@@H]1c1cccc2ccccc12. The number of rotatable bonds is 4. The second-order valence-electron chi connectivity index (χ2n) is 5.81. The molecule has 0 saturated carbocycles. The van der Waals surface area contributed by atoms with Crippen molar-refractivity contribution in [2.45, 2.75) is 19.9 Å². The highest BCUT2D eigenvalue weighted by Gasteiger charge is 2.32. The van der Waals surface area contributed by atoms with Crippen LogP contribution in [0.2, 0.25) is 0 Å². The molecule has 2 aromatic carbocycles. The van der Waals surface area contributed by atoms with Gasteiger partial charge in [0, 0.05) is 5.70 Å². The zero-order valence-electron chi connectivity index (χ0n) is 14.2. The molecule has 3 rings (SSSR count). The van der Waals surface area contributed by atoms with Gasteiger partial charge >= 0.3 is 12.0 Å². The lowest BCUT2D eigenvalue weighted by Crippen LogP contribution is -2.45. The summed E-state index contributed by atoms with van der Waals surface area (Å²) in [5.41, 5.74) is 1.79. The van der Waals surface area contributed by atoms with Gasteiger partial charge in [0.2, 0.25) is 0 Å². The second-order valence-corrected chi connectivity index (χ2v) is 5.81. The third kappa shape index (κ3) is 3.40. The minimum atomic E-state index is -0.557. The predicted octanol–water partition coefficient (Wildman–Crippen LogP) is 3.59. The fraction of sp³-hybridized carbons (Fsp3) is 0.200. The number of carbonyl (C=O) groups excluding carboxylic acids is 2. The first kappa shape index (κ1) is 16.8. The molecule has 1 atom stereocenters. The number of ether oxygens (including phenoxy) is 1. The highest BCUT2D eigenvalue weighted by molar-refractivity contribution is 5.97. The third-order valence-corrected chi connectivity index (χ3v) is 4.17. The number of hydrogen-bond donors (Lipinski definition) is 2. The van der Waals surface area contributed by atoms with Gasteiger partial charge in [-0.15, -0.1) is 0 Å². The lowest BCUT2D eigenvalue weighted by Gasteiger charge is -2.28. The van der Waals surface area contributed by atoms with Crippen molar-refractivity contribution >= 4 is 22.8 Å². The predicted molar refractivity (Wildman–Crippen MR) is 96.8 cm³/mol. The number of nitrogens with one attached hydrogen (secondary N) is 2. The Labute approximate surface area is 146 Å². The molecular formula is C20H20N2O3. The normalized spacial score (nSPS) is 17.5. The van der Waals surface area contributed by atoms with Crippen molar-refractivity contribution in [3.8, 4) is 0 Å². The van der Waals surface area contributed by atoms with E-state index < -0.39 is 12.0 Å². The van der Waals surface area contributed by atoms with Gasteiger partial charge in [-0.25, -0.2) is 9.59 Å². The first-order valence-electron chi connectivity index (χ1n) is 8.16. The number of amides is 2. The average molecular weight is 336 g/mol. The summed E-state index contributed by atoms with van der Waals surface area (Å²) in [6, 6.07) is 12.8. The van der Waals surface area contributed by atoms with Gasteiger partial charge in [-0.2, -0.15) is 0 Å². The van der Waals surface area contributed by atoms with Gasteiger partial charge in [0.15, 0.2) is 0 Å². The maximum Gasteiger partial charge on any atom is 0.338 e. The summed E-state index contributed by atoms with van der Waals surface area (Å²) in [5, 5.41) is 7.55. The number of fused-ring (bicyclic) bond motifs is 1. The number of esters is 1. The van der Waals surface area contributed by atoms with Crippen molar-refractivity contribution < 1.29 is 14.3 Å². The number of carbonyl (C=O) groups is 2. The minimum Gasteiger partial charge on any atom is -0.458 e. The highest BCUT2D eigenvalue weighted by atomic mass is 16.5. The van der Waals surface area contributed by atoms with Crippen LogP contribution in [0.1, 0.15) is 25.5 Å². The molecule has 0 aliphatic carbocycles. The molecule has 0 unspecified atom stereocenters. The highest BCUT2D eigenvalue weighted by Crippen LogP contribution is 2.32. The van der Waals surface area contributed by atoms with Crippen LogP contribution in [0.15, 0.2) is 65.9 Å². The van der Waals surface area contributed by atoms with E-state index in [4.69, 9.17) is 4.74 Å². The van der Waals surface area contributed by atoms with Crippen LogP contribution < -0.4 is 10.6 Å². The zero-order valence-corrected chi connectivity index (χ0v) is 14.2. The van der Waals surface area contributed by atoms with E-state index >= 15 is 0 Å². The summed E-state index contributed by atoms with van der Waals surface area (Å²) < 4.78 is 5.32. The summed E-state index contributed by atoms with van der Waals surface area (Å²) >= 11 is 0. The maximum absolute atomic E-state index is 12.6. The average Bonchev–Trinajstić information content (AvgIpc) is 2.60. The van der Waals surface area contributed by atoms with Gasteiger partial charge < -0.3 is 15.4 Å². The molecule has 5 nitrogen and oxygen atoms in total. The molecule has 0 aromatic heterocycles. The van der Waals surface area contributed by atoms with Crippen LogP contribution in [-0.2, 0) is 9.53 Å². The zero-order chi connectivity index (χ0) is 17.8. The van der Waals surface area contributed by atoms with Crippen LogP contribution >= 0.6 is 0 Å². The number of allylic oxidation sites excluding steroid dienone is 2. The Balaban J connectivity index is 2.06. The van der Waals surface area contributed by atoms with Crippen molar-refractivity contribution in [3.05, 3.63) is 71.5 Å². The molecule has 128 valence electrons. The molecule has 0 fully saturated rings. The third-order valence-electron chi connectivity index (χ3n) is 4.17. The van der Waals surface area contributed by atoms with E-state index in [1.165, 1.54) is 0 Å². The van der Waals surface area contributed by atoms with Crippen molar-refractivity contribution in [3.63, 3.8) is 0 Å². The minimum absolute atomic E-state index is 0.197. The molecule has 0 saturated heterocycles. The molecule has 2 N–H and O–H groups in total. The Morgan fingerprint density at radius 3 is 2.76 bits per heavy atom. The Morgan fingerprint density at radius 2 is 1.96 bits per heavy atom. The fourth-order valence-corrected chi connectivity index (χ4v) is 3.00. The Morgan fingerprint density at radius 1 is 1.20 bits per heavy atom. The van der Waals surface area contributed by atoms with Gasteiger partial charge in [0.05, 0.1) is 11.6 Å². The van der Waals surface area contributed by atoms with E-state index in [0.29, 0.717) is 11.3 Å². The monoisotopic (exact) mass is 336 g/mol. The molecule has 0 radical (unpaired) electrons. The molecule has 5 heteroatoms. The number of benzene rings is 2. The van der Waals surface area contributed by atoms with Gasteiger partial charge in [0.1, 0.15) is 6.61 Å². The molecule has 2 aromatic rings. The molecular weight excluding hydrogens is 316 g/mol.